The predicted molar refractivity (Wildman–Crippen MR) is 106 cm³/mol. The molecule has 0 saturated heterocycles. The maximum Gasteiger partial charge on any atom is 0.318 e. The van der Waals surface area contributed by atoms with Gasteiger partial charge in [0, 0.05) is 12.6 Å². The third-order valence-electron chi connectivity index (χ3n) is 4.50. The molecule has 148 valence electrons. The minimum atomic E-state index is -0.299. The SMILES string of the molecule is COc1ccc(OC)c(C(C)NC(=O)N(C)C(C)c2ccc(F)cc2)c1.Cl. The smallest absolute Gasteiger partial charge is 0.318 e. The quantitative estimate of drug-likeness (QED) is 0.768. The van der Waals surface area contributed by atoms with Gasteiger partial charge in [-0.15, -0.1) is 12.4 Å². The Balaban J connectivity index is 0.00000364. The first-order chi connectivity index (χ1) is 12.4. The van der Waals surface area contributed by atoms with Gasteiger partial charge in [0.15, 0.2) is 0 Å². The van der Waals surface area contributed by atoms with Crippen LogP contribution < -0.4 is 14.8 Å². The normalized spacial score (nSPS) is 12.4. The van der Waals surface area contributed by atoms with Crippen molar-refractivity contribution >= 4 is 18.4 Å². The fourth-order valence-corrected chi connectivity index (χ4v) is 2.68. The van der Waals surface area contributed by atoms with E-state index in [-0.39, 0.29) is 36.3 Å². The minimum Gasteiger partial charge on any atom is -0.497 e. The van der Waals surface area contributed by atoms with E-state index in [0.717, 1.165) is 11.1 Å². The summed E-state index contributed by atoms with van der Waals surface area (Å²) in [5, 5.41) is 2.96. The molecule has 1 N–H and O–H groups in total. The highest BCUT2D eigenvalue weighted by molar-refractivity contribution is 5.85. The lowest BCUT2D eigenvalue weighted by Crippen LogP contribution is -2.40. The predicted octanol–water partition coefficient (Wildman–Crippen LogP) is 4.73. The van der Waals surface area contributed by atoms with E-state index in [0.29, 0.717) is 11.5 Å². The standard InChI is InChI=1S/C20H25FN2O3.ClH/c1-13(18-12-17(25-4)10-11-19(18)26-5)22-20(24)23(3)14(2)15-6-8-16(21)9-7-15;/h6-14H,1-5H3,(H,22,24);1H. The van der Waals surface area contributed by atoms with E-state index in [2.05, 4.69) is 5.32 Å². The van der Waals surface area contributed by atoms with Gasteiger partial charge in [-0.2, -0.15) is 0 Å². The van der Waals surface area contributed by atoms with Crippen molar-refractivity contribution in [3.8, 4) is 11.5 Å². The molecular formula is C20H26ClFN2O3. The number of hydrogen-bond acceptors (Lipinski definition) is 3. The largest absolute Gasteiger partial charge is 0.497 e. The van der Waals surface area contributed by atoms with E-state index >= 15 is 0 Å². The number of carbonyl (C=O) groups excluding carboxylic acids is 1. The Hall–Kier alpha value is -2.47. The molecular weight excluding hydrogens is 371 g/mol. The number of urea groups is 1. The van der Waals surface area contributed by atoms with Crippen LogP contribution in [0.4, 0.5) is 9.18 Å². The van der Waals surface area contributed by atoms with Crippen molar-refractivity contribution in [2.45, 2.75) is 25.9 Å². The van der Waals surface area contributed by atoms with Crippen LogP contribution in [0.15, 0.2) is 42.5 Å². The third kappa shape index (κ3) is 5.50. The summed E-state index contributed by atoms with van der Waals surface area (Å²) in [4.78, 5) is 14.2. The zero-order chi connectivity index (χ0) is 19.3. The van der Waals surface area contributed by atoms with E-state index in [1.165, 1.54) is 12.1 Å². The van der Waals surface area contributed by atoms with Gasteiger partial charge in [-0.1, -0.05) is 12.1 Å². The molecule has 2 atom stereocenters. The van der Waals surface area contributed by atoms with E-state index in [4.69, 9.17) is 9.47 Å². The number of carbonyl (C=O) groups is 1. The van der Waals surface area contributed by atoms with Gasteiger partial charge in [-0.05, 0) is 49.7 Å². The zero-order valence-electron chi connectivity index (χ0n) is 16.2. The van der Waals surface area contributed by atoms with Crippen LogP contribution in [0.3, 0.4) is 0 Å². The number of benzene rings is 2. The van der Waals surface area contributed by atoms with Crippen molar-refractivity contribution in [2.75, 3.05) is 21.3 Å². The topological polar surface area (TPSA) is 50.8 Å². The molecule has 0 saturated carbocycles. The maximum absolute atomic E-state index is 13.1. The summed E-state index contributed by atoms with van der Waals surface area (Å²) in [6.45, 7) is 3.77. The van der Waals surface area contributed by atoms with Gasteiger partial charge < -0.3 is 19.7 Å². The third-order valence-corrected chi connectivity index (χ3v) is 4.50. The van der Waals surface area contributed by atoms with Gasteiger partial charge in [-0.25, -0.2) is 9.18 Å². The van der Waals surface area contributed by atoms with Crippen LogP contribution >= 0.6 is 12.4 Å². The van der Waals surface area contributed by atoms with Gasteiger partial charge in [0.25, 0.3) is 0 Å². The summed E-state index contributed by atoms with van der Waals surface area (Å²) in [6.07, 6.45) is 0. The Morgan fingerprint density at radius 2 is 1.70 bits per heavy atom. The number of nitrogens with zero attached hydrogens (tertiary/aromatic N) is 1. The summed E-state index contributed by atoms with van der Waals surface area (Å²) in [7, 11) is 4.88. The monoisotopic (exact) mass is 396 g/mol. The fraction of sp³-hybridized carbons (Fsp3) is 0.350. The first-order valence-corrected chi connectivity index (χ1v) is 8.38. The molecule has 0 radical (unpaired) electrons. The van der Waals surface area contributed by atoms with Crippen molar-refractivity contribution in [1.29, 1.82) is 0 Å². The molecule has 7 heteroatoms. The molecule has 0 heterocycles. The van der Waals surface area contributed by atoms with Crippen LogP contribution in [0.2, 0.25) is 0 Å². The van der Waals surface area contributed by atoms with Crippen molar-refractivity contribution < 1.29 is 18.7 Å². The van der Waals surface area contributed by atoms with E-state index in [1.54, 1.807) is 44.4 Å². The maximum atomic E-state index is 13.1. The molecule has 27 heavy (non-hydrogen) atoms. The van der Waals surface area contributed by atoms with Crippen LogP contribution in [0.5, 0.6) is 11.5 Å². The lowest BCUT2D eigenvalue weighted by molar-refractivity contribution is 0.191. The molecule has 2 rings (SSSR count). The Kier molecular flexibility index (Phi) is 8.37. The average Bonchev–Trinajstić information content (AvgIpc) is 2.66. The molecule has 0 aliphatic carbocycles. The fourth-order valence-electron chi connectivity index (χ4n) is 2.68. The molecule has 0 aliphatic rings. The summed E-state index contributed by atoms with van der Waals surface area (Å²) < 4.78 is 23.7. The van der Waals surface area contributed by atoms with Crippen molar-refractivity contribution in [3.63, 3.8) is 0 Å². The average molecular weight is 397 g/mol. The van der Waals surface area contributed by atoms with Crippen LogP contribution in [0, 0.1) is 5.82 Å². The van der Waals surface area contributed by atoms with Crippen molar-refractivity contribution in [2.24, 2.45) is 0 Å². The van der Waals surface area contributed by atoms with E-state index in [1.807, 2.05) is 26.0 Å². The van der Waals surface area contributed by atoms with E-state index < -0.39 is 0 Å². The second-order valence-electron chi connectivity index (χ2n) is 6.12. The Morgan fingerprint density at radius 1 is 1.07 bits per heavy atom. The van der Waals surface area contributed by atoms with Crippen molar-refractivity contribution in [3.05, 3.63) is 59.4 Å². The Labute approximate surface area is 165 Å². The number of amides is 2. The Morgan fingerprint density at radius 3 is 2.26 bits per heavy atom. The van der Waals surface area contributed by atoms with Crippen molar-refractivity contribution in [1.82, 2.24) is 10.2 Å². The lowest BCUT2D eigenvalue weighted by Gasteiger charge is -2.28. The summed E-state index contributed by atoms with van der Waals surface area (Å²) >= 11 is 0. The summed E-state index contributed by atoms with van der Waals surface area (Å²) in [5.41, 5.74) is 1.68. The van der Waals surface area contributed by atoms with Crippen LogP contribution in [0.1, 0.15) is 37.1 Å². The number of nitrogens with one attached hydrogen (secondary N) is 1. The van der Waals surface area contributed by atoms with Crippen LogP contribution in [0.25, 0.3) is 0 Å². The first-order valence-electron chi connectivity index (χ1n) is 8.38. The highest BCUT2D eigenvalue weighted by Crippen LogP contribution is 2.29. The second kappa shape index (κ2) is 10.0. The molecule has 0 bridgehead atoms. The Bertz CT molecular complexity index is 755. The number of hydrogen-bond donors (Lipinski definition) is 1. The van der Waals surface area contributed by atoms with Gasteiger partial charge in [0.05, 0.1) is 26.3 Å². The molecule has 5 nitrogen and oxygen atoms in total. The van der Waals surface area contributed by atoms with Gasteiger partial charge in [-0.3, -0.25) is 0 Å². The highest BCUT2D eigenvalue weighted by atomic mass is 35.5. The molecule has 0 spiro atoms. The number of rotatable bonds is 6. The van der Waals surface area contributed by atoms with E-state index in [9.17, 15) is 9.18 Å². The molecule has 2 unspecified atom stereocenters. The van der Waals surface area contributed by atoms with Gasteiger partial charge >= 0.3 is 6.03 Å². The molecule has 2 aromatic rings. The number of halogens is 2. The highest BCUT2D eigenvalue weighted by Gasteiger charge is 2.21. The number of ether oxygens (including phenoxy) is 2. The molecule has 2 aromatic carbocycles. The van der Waals surface area contributed by atoms with Gasteiger partial charge in [0.1, 0.15) is 17.3 Å². The van der Waals surface area contributed by atoms with Crippen LogP contribution in [-0.4, -0.2) is 32.2 Å². The molecule has 2 amide bonds. The summed E-state index contributed by atoms with van der Waals surface area (Å²) in [6, 6.07) is 10.9. The van der Waals surface area contributed by atoms with Gasteiger partial charge in [0.2, 0.25) is 0 Å². The first kappa shape index (κ1) is 22.6. The molecule has 0 fully saturated rings. The number of methoxy groups -OCH3 is 2. The molecule has 0 aromatic heterocycles. The lowest BCUT2D eigenvalue weighted by atomic mass is 10.1. The zero-order valence-corrected chi connectivity index (χ0v) is 17.0. The summed E-state index contributed by atoms with van der Waals surface area (Å²) in [5.74, 6) is 1.06. The molecule has 0 aliphatic heterocycles. The second-order valence-corrected chi connectivity index (χ2v) is 6.12. The van der Waals surface area contributed by atoms with Crippen LogP contribution in [-0.2, 0) is 0 Å². The minimum absolute atomic E-state index is 0.